The third-order valence-electron chi connectivity index (χ3n) is 7.23. The molecule has 4 fully saturated rings. The van der Waals surface area contributed by atoms with Crippen molar-refractivity contribution in [3.8, 4) is 5.88 Å². The van der Waals surface area contributed by atoms with Crippen molar-refractivity contribution in [3.63, 3.8) is 0 Å². The lowest BCUT2D eigenvalue weighted by atomic mass is 10.1. The van der Waals surface area contributed by atoms with Crippen molar-refractivity contribution in [1.29, 1.82) is 0 Å². The fourth-order valence-corrected chi connectivity index (χ4v) is 4.77. The molecule has 2 saturated carbocycles. The first kappa shape index (κ1) is 20.5. The molecule has 33 heavy (non-hydrogen) atoms. The average molecular weight is 453 g/mol. The minimum absolute atomic E-state index is 0.00462. The third kappa shape index (κ3) is 3.62. The molecule has 2 amide bonds. The Hall–Kier alpha value is -3.14. The minimum Gasteiger partial charge on any atom is -0.494 e. The molecule has 0 unspecified atom stereocenters. The Morgan fingerprint density at radius 3 is 2.79 bits per heavy atom. The first-order valence-corrected chi connectivity index (χ1v) is 11.6. The Labute approximate surface area is 189 Å². The Balaban J connectivity index is 1.36. The van der Waals surface area contributed by atoms with Gasteiger partial charge in [0.25, 0.3) is 11.5 Å². The highest BCUT2D eigenvalue weighted by Gasteiger charge is 2.41. The normalized spacial score (nSPS) is 25.3. The summed E-state index contributed by atoms with van der Waals surface area (Å²) in [5, 5.41) is 18.1. The SMILES string of the molecule is CC1(Cn2c(O)c(C(=O)NC3CC3)c(=O)n3nc(/C=C/C(=O)N4C[C@@H]5C[C@H]4CO5)cc23)CC1. The van der Waals surface area contributed by atoms with Crippen molar-refractivity contribution in [1.82, 2.24) is 24.4 Å². The Bertz CT molecular complexity index is 1250. The lowest BCUT2D eigenvalue weighted by Crippen LogP contribution is -2.40. The van der Waals surface area contributed by atoms with Gasteiger partial charge < -0.3 is 20.1 Å². The number of aromatic hydroxyl groups is 1. The van der Waals surface area contributed by atoms with Gasteiger partial charge in [-0.1, -0.05) is 6.92 Å². The van der Waals surface area contributed by atoms with E-state index >= 15 is 0 Å². The Morgan fingerprint density at radius 1 is 1.36 bits per heavy atom. The number of ether oxygens (including phenoxy) is 1. The number of morpholine rings is 1. The molecule has 2 aliphatic carbocycles. The van der Waals surface area contributed by atoms with Crippen LogP contribution in [0.1, 0.15) is 55.1 Å². The fourth-order valence-electron chi connectivity index (χ4n) is 4.77. The highest BCUT2D eigenvalue weighted by molar-refractivity contribution is 5.96. The molecule has 2 aliphatic heterocycles. The summed E-state index contributed by atoms with van der Waals surface area (Å²) in [6.07, 6.45) is 7.78. The van der Waals surface area contributed by atoms with Crippen LogP contribution < -0.4 is 10.9 Å². The number of nitrogens with one attached hydrogen (secondary N) is 1. The molecule has 4 heterocycles. The molecule has 2 bridgehead atoms. The molecule has 6 rings (SSSR count). The number of fused-ring (bicyclic) bond motifs is 3. The zero-order valence-electron chi connectivity index (χ0n) is 18.5. The van der Waals surface area contributed by atoms with Gasteiger partial charge in [0, 0.05) is 31.3 Å². The first-order valence-electron chi connectivity index (χ1n) is 11.6. The standard InChI is InChI=1S/C23H27N5O5/c1-23(6-7-23)12-27-17-8-14(4-5-18(29)26-10-16-9-15(26)11-33-16)25-28(17)22(32)19(21(27)31)20(30)24-13-2-3-13/h4-5,8,13,15-16,31H,2-3,6-7,9-12H2,1H3,(H,24,30)/b5-4+/t15-,16-/m0/s1. The molecule has 2 aromatic rings. The van der Waals surface area contributed by atoms with Crippen LogP contribution in [-0.2, 0) is 16.1 Å². The highest BCUT2D eigenvalue weighted by atomic mass is 16.5. The summed E-state index contributed by atoms with van der Waals surface area (Å²) < 4.78 is 8.30. The van der Waals surface area contributed by atoms with Crippen LogP contribution in [0.15, 0.2) is 16.9 Å². The maximum Gasteiger partial charge on any atom is 0.291 e. The fraction of sp³-hybridized carbons (Fsp3) is 0.565. The summed E-state index contributed by atoms with van der Waals surface area (Å²) in [6.45, 7) is 3.74. The molecule has 174 valence electrons. The predicted molar refractivity (Wildman–Crippen MR) is 118 cm³/mol. The van der Waals surface area contributed by atoms with Crippen LogP contribution >= 0.6 is 0 Å². The molecule has 10 heteroatoms. The second-order valence-electron chi connectivity index (χ2n) is 10.2. The molecule has 4 aliphatic rings. The Morgan fingerprint density at radius 2 is 2.15 bits per heavy atom. The van der Waals surface area contributed by atoms with Crippen molar-refractivity contribution in [2.24, 2.45) is 5.41 Å². The van der Waals surface area contributed by atoms with E-state index in [0.29, 0.717) is 31.0 Å². The van der Waals surface area contributed by atoms with Crippen LogP contribution in [0, 0.1) is 5.41 Å². The van der Waals surface area contributed by atoms with E-state index in [1.807, 2.05) is 0 Å². The van der Waals surface area contributed by atoms with Gasteiger partial charge >= 0.3 is 0 Å². The summed E-state index contributed by atoms with van der Waals surface area (Å²) in [7, 11) is 0. The number of hydrogen-bond donors (Lipinski definition) is 2. The number of nitrogens with zero attached hydrogens (tertiary/aromatic N) is 4. The van der Waals surface area contributed by atoms with Gasteiger partial charge in [-0.15, -0.1) is 0 Å². The van der Waals surface area contributed by atoms with E-state index in [1.165, 1.54) is 6.08 Å². The number of aromatic nitrogens is 3. The maximum atomic E-state index is 13.1. The molecule has 10 nitrogen and oxygen atoms in total. The smallest absolute Gasteiger partial charge is 0.291 e. The summed E-state index contributed by atoms with van der Waals surface area (Å²) in [5.41, 5.74) is -0.145. The molecule has 2 saturated heterocycles. The molecule has 0 aromatic carbocycles. The van der Waals surface area contributed by atoms with Crippen LogP contribution in [0.25, 0.3) is 11.7 Å². The topological polar surface area (TPSA) is 118 Å². The molecule has 2 atom stereocenters. The van der Waals surface area contributed by atoms with Gasteiger partial charge in [-0.2, -0.15) is 9.61 Å². The van der Waals surface area contributed by atoms with E-state index in [4.69, 9.17) is 4.74 Å². The van der Waals surface area contributed by atoms with E-state index in [9.17, 15) is 19.5 Å². The van der Waals surface area contributed by atoms with Crippen molar-refractivity contribution in [3.05, 3.63) is 33.8 Å². The van der Waals surface area contributed by atoms with E-state index in [1.54, 1.807) is 21.6 Å². The first-order chi connectivity index (χ1) is 15.8. The zero-order chi connectivity index (χ0) is 22.9. The van der Waals surface area contributed by atoms with E-state index in [0.717, 1.165) is 36.6 Å². The van der Waals surface area contributed by atoms with Gasteiger partial charge in [0.2, 0.25) is 11.8 Å². The molecule has 2 aromatic heterocycles. The number of likely N-dealkylation sites (tertiary alicyclic amines) is 1. The second kappa shape index (κ2) is 7.18. The summed E-state index contributed by atoms with van der Waals surface area (Å²) in [5.74, 6) is -1.03. The molecular weight excluding hydrogens is 426 g/mol. The van der Waals surface area contributed by atoms with E-state index in [-0.39, 0.29) is 41.0 Å². The van der Waals surface area contributed by atoms with Crippen LogP contribution in [-0.4, -0.2) is 67.3 Å². The lowest BCUT2D eigenvalue weighted by Gasteiger charge is -2.25. The Kier molecular flexibility index (Phi) is 4.45. The van der Waals surface area contributed by atoms with Crippen LogP contribution in [0.3, 0.4) is 0 Å². The lowest BCUT2D eigenvalue weighted by molar-refractivity contribution is -0.130. The number of hydrogen-bond acceptors (Lipinski definition) is 6. The molecular formula is C23H27N5O5. The average Bonchev–Trinajstić information content (AvgIpc) is 3.57. The van der Waals surface area contributed by atoms with Crippen molar-refractivity contribution >= 4 is 23.5 Å². The van der Waals surface area contributed by atoms with Crippen molar-refractivity contribution in [2.45, 2.75) is 63.8 Å². The van der Waals surface area contributed by atoms with Gasteiger partial charge in [0.05, 0.1) is 24.4 Å². The van der Waals surface area contributed by atoms with Crippen LogP contribution in [0.4, 0.5) is 0 Å². The highest BCUT2D eigenvalue weighted by Crippen LogP contribution is 2.47. The number of carbonyl (C=O) groups is 2. The largest absolute Gasteiger partial charge is 0.494 e. The summed E-state index contributed by atoms with van der Waals surface area (Å²) >= 11 is 0. The summed E-state index contributed by atoms with van der Waals surface area (Å²) in [6, 6.07) is 1.83. The second-order valence-corrected chi connectivity index (χ2v) is 10.2. The maximum absolute atomic E-state index is 13.1. The van der Waals surface area contributed by atoms with Crippen LogP contribution in [0.5, 0.6) is 5.88 Å². The molecule has 2 N–H and O–H groups in total. The van der Waals surface area contributed by atoms with Crippen LogP contribution in [0.2, 0.25) is 0 Å². The zero-order valence-corrected chi connectivity index (χ0v) is 18.5. The van der Waals surface area contributed by atoms with Gasteiger partial charge in [0.1, 0.15) is 5.65 Å². The third-order valence-corrected chi connectivity index (χ3v) is 7.23. The van der Waals surface area contributed by atoms with Gasteiger partial charge in [-0.05, 0) is 43.6 Å². The van der Waals surface area contributed by atoms with Gasteiger partial charge in [-0.3, -0.25) is 19.0 Å². The monoisotopic (exact) mass is 453 g/mol. The number of rotatable bonds is 6. The summed E-state index contributed by atoms with van der Waals surface area (Å²) in [4.78, 5) is 40.3. The van der Waals surface area contributed by atoms with Crippen molar-refractivity contribution in [2.75, 3.05) is 13.2 Å². The minimum atomic E-state index is -0.669. The molecule has 0 radical (unpaired) electrons. The van der Waals surface area contributed by atoms with E-state index < -0.39 is 11.5 Å². The van der Waals surface area contributed by atoms with Crippen molar-refractivity contribution < 1.29 is 19.4 Å². The van der Waals surface area contributed by atoms with E-state index in [2.05, 4.69) is 17.3 Å². The number of amides is 2. The quantitative estimate of drug-likeness (QED) is 0.628. The predicted octanol–water partition coefficient (Wildman–Crippen LogP) is 0.907. The number of carbonyl (C=O) groups excluding carboxylic acids is 2. The molecule has 0 spiro atoms. The van der Waals surface area contributed by atoms with Gasteiger partial charge in [-0.25, -0.2) is 0 Å². The van der Waals surface area contributed by atoms with Gasteiger partial charge in [0.15, 0.2) is 5.56 Å².